The van der Waals surface area contributed by atoms with Gasteiger partial charge in [0.1, 0.15) is 23.0 Å². The monoisotopic (exact) mass is 377 g/mol. The zero-order valence-electron chi connectivity index (χ0n) is 15.6. The molecule has 5 rings (SSSR count). The Morgan fingerprint density at radius 2 is 2.11 bits per heavy atom. The molecule has 5 nitrogen and oxygen atoms in total. The Hall–Kier alpha value is -3.15. The highest BCUT2D eigenvalue weighted by Gasteiger charge is 2.48. The minimum atomic E-state index is -0.336. The van der Waals surface area contributed by atoms with E-state index in [0.29, 0.717) is 11.3 Å². The minimum Gasteiger partial charge on any atom is -0.459 e. The van der Waals surface area contributed by atoms with Crippen LogP contribution in [0.3, 0.4) is 0 Å². The number of aromatic amines is 1. The van der Waals surface area contributed by atoms with Crippen LogP contribution < -0.4 is 0 Å². The number of nitrogens with one attached hydrogen (secondary N) is 1. The number of aromatic nitrogens is 2. The third-order valence-electron chi connectivity index (χ3n) is 5.71. The molecule has 0 bridgehead atoms. The third-order valence-corrected chi connectivity index (χ3v) is 5.71. The van der Waals surface area contributed by atoms with Crippen molar-refractivity contribution in [1.82, 2.24) is 14.9 Å². The molecule has 0 radical (unpaired) electrons. The predicted octanol–water partition coefficient (Wildman–Crippen LogP) is 4.77. The van der Waals surface area contributed by atoms with Gasteiger partial charge in [0.05, 0.1) is 17.1 Å². The zero-order valence-corrected chi connectivity index (χ0v) is 15.6. The molecule has 1 saturated carbocycles. The molecule has 0 spiro atoms. The Kier molecular flexibility index (Phi) is 3.75. The van der Waals surface area contributed by atoms with Gasteiger partial charge in [0.15, 0.2) is 0 Å². The quantitative estimate of drug-likeness (QED) is 0.557. The van der Waals surface area contributed by atoms with E-state index < -0.39 is 0 Å². The number of imidazole rings is 1. The molecule has 1 aliphatic carbocycles. The van der Waals surface area contributed by atoms with E-state index in [1.54, 1.807) is 18.0 Å². The maximum absolute atomic E-state index is 13.4. The summed E-state index contributed by atoms with van der Waals surface area (Å²) < 4.78 is 19.2. The molecular weight excluding hydrogens is 357 g/mol. The standard InChI is InChI=1S/C22H20FN3O2/c1-12(19-9-13-7-8-14(23)10-20(13)28-19)26(2)22(27)16-11-15(16)21-24-17-5-3-4-6-18(17)25-21/h3-10,12,15-16H,11H2,1-2H3,(H,24,25)/t12-,15+,16+/m1/s1. The first kappa shape index (κ1) is 17.0. The summed E-state index contributed by atoms with van der Waals surface area (Å²) in [6.07, 6.45) is 0.793. The molecule has 0 aliphatic heterocycles. The first-order chi connectivity index (χ1) is 13.5. The number of fused-ring (bicyclic) bond motifs is 2. The SMILES string of the molecule is C[C@H](c1cc2ccc(F)cc2o1)N(C)C(=O)[C@H]1C[C@@H]1c1nc2ccccc2[nH]1. The molecule has 0 unspecified atom stereocenters. The van der Waals surface area contributed by atoms with Crippen LogP contribution in [0.15, 0.2) is 52.9 Å². The first-order valence-corrected chi connectivity index (χ1v) is 9.41. The fraction of sp³-hybridized carbons (Fsp3) is 0.273. The van der Waals surface area contributed by atoms with Gasteiger partial charge in [-0.15, -0.1) is 0 Å². The van der Waals surface area contributed by atoms with Crippen molar-refractivity contribution < 1.29 is 13.6 Å². The molecule has 3 atom stereocenters. The number of benzene rings is 2. The molecule has 1 fully saturated rings. The molecule has 28 heavy (non-hydrogen) atoms. The van der Waals surface area contributed by atoms with Crippen LogP contribution in [-0.2, 0) is 4.79 Å². The highest BCUT2D eigenvalue weighted by molar-refractivity contribution is 5.84. The number of furan rings is 1. The Bertz CT molecular complexity index is 1160. The van der Waals surface area contributed by atoms with Crippen LogP contribution in [0, 0.1) is 11.7 Å². The summed E-state index contributed by atoms with van der Waals surface area (Å²) in [5.74, 6) is 1.31. The molecule has 2 aromatic heterocycles. The normalized spacial score (nSPS) is 19.8. The number of hydrogen-bond acceptors (Lipinski definition) is 3. The number of para-hydroxylation sites is 2. The average molecular weight is 377 g/mol. The van der Waals surface area contributed by atoms with Crippen LogP contribution >= 0.6 is 0 Å². The van der Waals surface area contributed by atoms with E-state index >= 15 is 0 Å². The van der Waals surface area contributed by atoms with E-state index in [1.165, 1.54) is 12.1 Å². The van der Waals surface area contributed by atoms with E-state index in [0.717, 1.165) is 28.7 Å². The summed E-state index contributed by atoms with van der Waals surface area (Å²) in [5.41, 5.74) is 2.41. The second kappa shape index (κ2) is 6.19. The summed E-state index contributed by atoms with van der Waals surface area (Å²) in [6.45, 7) is 1.92. The number of rotatable bonds is 4. The van der Waals surface area contributed by atoms with Gasteiger partial charge in [-0.25, -0.2) is 9.37 Å². The van der Waals surface area contributed by atoms with E-state index in [-0.39, 0.29) is 29.6 Å². The first-order valence-electron chi connectivity index (χ1n) is 9.41. The van der Waals surface area contributed by atoms with Crippen LogP contribution in [0.2, 0.25) is 0 Å². The molecular formula is C22H20FN3O2. The highest BCUT2D eigenvalue weighted by atomic mass is 19.1. The number of nitrogens with zero attached hydrogens (tertiary/aromatic N) is 2. The van der Waals surface area contributed by atoms with E-state index in [9.17, 15) is 9.18 Å². The zero-order chi connectivity index (χ0) is 19.4. The summed E-state index contributed by atoms with van der Waals surface area (Å²) in [4.78, 5) is 22.6. The number of carbonyl (C=O) groups is 1. The van der Waals surface area contributed by atoms with Crippen molar-refractivity contribution in [2.75, 3.05) is 7.05 Å². The summed E-state index contributed by atoms with van der Waals surface area (Å²) in [6, 6.07) is 14.0. The maximum atomic E-state index is 13.4. The molecule has 2 heterocycles. The van der Waals surface area contributed by atoms with Gasteiger partial charge in [-0.3, -0.25) is 4.79 Å². The second-order valence-corrected chi connectivity index (χ2v) is 7.54. The average Bonchev–Trinajstić information content (AvgIpc) is 3.19. The van der Waals surface area contributed by atoms with Gasteiger partial charge in [-0.2, -0.15) is 0 Å². The van der Waals surface area contributed by atoms with Crippen molar-refractivity contribution >= 4 is 27.9 Å². The lowest BCUT2D eigenvalue weighted by atomic mass is 10.1. The Morgan fingerprint density at radius 1 is 1.29 bits per heavy atom. The van der Waals surface area contributed by atoms with Crippen molar-refractivity contribution in [2.45, 2.75) is 25.3 Å². The summed E-state index contributed by atoms with van der Waals surface area (Å²) >= 11 is 0. The van der Waals surface area contributed by atoms with E-state index in [1.807, 2.05) is 37.3 Å². The lowest BCUT2D eigenvalue weighted by Gasteiger charge is -2.23. The summed E-state index contributed by atoms with van der Waals surface area (Å²) in [5, 5.41) is 0.829. The topological polar surface area (TPSA) is 62.1 Å². The van der Waals surface area contributed by atoms with Crippen molar-refractivity contribution in [2.24, 2.45) is 5.92 Å². The van der Waals surface area contributed by atoms with Gasteiger partial charge in [-0.05, 0) is 43.7 Å². The molecule has 1 N–H and O–H groups in total. The van der Waals surface area contributed by atoms with Crippen molar-refractivity contribution in [1.29, 1.82) is 0 Å². The minimum absolute atomic E-state index is 0.0737. The van der Waals surface area contributed by atoms with Crippen LogP contribution in [0.5, 0.6) is 0 Å². The lowest BCUT2D eigenvalue weighted by molar-refractivity contribution is -0.133. The van der Waals surface area contributed by atoms with Crippen molar-refractivity contribution in [3.05, 3.63) is 65.9 Å². The third kappa shape index (κ3) is 2.76. The molecule has 1 amide bonds. The van der Waals surface area contributed by atoms with Crippen LogP contribution in [0.1, 0.15) is 36.9 Å². The fourth-order valence-corrected chi connectivity index (χ4v) is 3.79. The number of halogens is 1. The van der Waals surface area contributed by atoms with Gasteiger partial charge in [0, 0.05) is 30.3 Å². The molecule has 6 heteroatoms. The van der Waals surface area contributed by atoms with Crippen LogP contribution in [0.4, 0.5) is 4.39 Å². The Morgan fingerprint density at radius 3 is 2.93 bits per heavy atom. The van der Waals surface area contributed by atoms with Crippen LogP contribution in [-0.4, -0.2) is 27.8 Å². The number of amides is 1. The van der Waals surface area contributed by atoms with Gasteiger partial charge >= 0.3 is 0 Å². The number of hydrogen-bond donors (Lipinski definition) is 1. The second-order valence-electron chi connectivity index (χ2n) is 7.54. The molecule has 2 aromatic carbocycles. The lowest BCUT2D eigenvalue weighted by Crippen LogP contribution is -2.31. The smallest absolute Gasteiger partial charge is 0.226 e. The van der Waals surface area contributed by atoms with E-state index in [2.05, 4.69) is 9.97 Å². The van der Waals surface area contributed by atoms with Gasteiger partial charge < -0.3 is 14.3 Å². The van der Waals surface area contributed by atoms with Crippen LogP contribution in [0.25, 0.3) is 22.0 Å². The Labute approximate surface area is 161 Å². The molecule has 0 saturated heterocycles. The van der Waals surface area contributed by atoms with Crippen molar-refractivity contribution in [3.63, 3.8) is 0 Å². The largest absolute Gasteiger partial charge is 0.459 e. The fourth-order valence-electron chi connectivity index (χ4n) is 3.79. The Balaban J connectivity index is 1.33. The van der Waals surface area contributed by atoms with Gasteiger partial charge in [0.2, 0.25) is 5.91 Å². The molecule has 1 aliphatic rings. The maximum Gasteiger partial charge on any atom is 0.226 e. The van der Waals surface area contributed by atoms with Gasteiger partial charge in [-0.1, -0.05) is 12.1 Å². The predicted molar refractivity (Wildman–Crippen MR) is 104 cm³/mol. The molecule has 142 valence electrons. The van der Waals surface area contributed by atoms with Crippen molar-refractivity contribution in [3.8, 4) is 0 Å². The number of carbonyl (C=O) groups excluding carboxylic acids is 1. The highest BCUT2D eigenvalue weighted by Crippen LogP contribution is 2.48. The number of H-pyrrole nitrogens is 1. The van der Waals surface area contributed by atoms with E-state index in [4.69, 9.17) is 4.42 Å². The molecule has 4 aromatic rings. The summed E-state index contributed by atoms with van der Waals surface area (Å²) in [7, 11) is 1.79. The van der Waals surface area contributed by atoms with Gasteiger partial charge in [0.25, 0.3) is 0 Å².